The van der Waals surface area contributed by atoms with Gasteiger partial charge in [-0.25, -0.2) is 0 Å². The van der Waals surface area contributed by atoms with Crippen molar-refractivity contribution in [3.05, 3.63) is 70.3 Å². The minimum atomic E-state index is -0.790. The molecule has 0 radical (unpaired) electrons. The third kappa shape index (κ3) is 5.07. The number of aliphatic hydroxyl groups is 2. The van der Waals surface area contributed by atoms with Crippen LogP contribution in [-0.4, -0.2) is 59.8 Å². The SMILES string of the molecule is CCOc1ccc(C(O)=C2C(=O)C(=O)N(CCOCCO)[C@@H]2c2ccc(Cl)cc2)cc1. The Balaban J connectivity index is 2.02. The minimum absolute atomic E-state index is 0.00126. The number of amides is 1. The number of hydrogen-bond acceptors (Lipinski definition) is 6. The van der Waals surface area contributed by atoms with Crippen LogP contribution in [0, 0.1) is 0 Å². The van der Waals surface area contributed by atoms with Crippen LogP contribution >= 0.6 is 11.6 Å². The summed E-state index contributed by atoms with van der Waals surface area (Å²) < 4.78 is 10.7. The van der Waals surface area contributed by atoms with E-state index >= 15 is 0 Å². The second kappa shape index (κ2) is 10.4. The van der Waals surface area contributed by atoms with E-state index in [1.54, 1.807) is 48.5 Å². The Morgan fingerprint density at radius 1 is 1.06 bits per heavy atom. The zero-order chi connectivity index (χ0) is 22.4. The fourth-order valence-corrected chi connectivity index (χ4v) is 3.59. The number of carbonyl (C=O) groups is 2. The van der Waals surface area contributed by atoms with Crippen molar-refractivity contribution in [3.63, 3.8) is 0 Å². The van der Waals surface area contributed by atoms with Crippen molar-refractivity contribution in [2.75, 3.05) is 33.0 Å². The predicted octanol–water partition coefficient (Wildman–Crippen LogP) is 3.17. The van der Waals surface area contributed by atoms with E-state index in [4.69, 9.17) is 26.2 Å². The van der Waals surface area contributed by atoms with Crippen molar-refractivity contribution in [2.24, 2.45) is 0 Å². The van der Waals surface area contributed by atoms with E-state index in [0.29, 0.717) is 28.5 Å². The maximum absolute atomic E-state index is 12.9. The summed E-state index contributed by atoms with van der Waals surface area (Å²) in [4.78, 5) is 27.0. The van der Waals surface area contributed by atoms with Gasteiger partial charge in [-0.05, 0) is 48.9 Å². The molecule has 3 rings (SSSR count). The predicted molar refractivity (Wildman–Crippen MR) is 116 cm³/mol. The van der Waals surface area contributed by atoms with Gasteiger partial charge in [-0.1, -0.05) is 23.7 Å². The average Bonchev–Trinajstić information content (AvgIpc) is 3.02. The first-order chi connectivity index (χ1) is 15.0. The fraction of sp³-hybridized carbons (Fsp3) is 0.304. The Kier molecular flexibility index (Phi) is 7.68. The molecule has 164 valence electrons. The van der Waals surface area contributed by atoms with Gasteiger partial charge in [0, 0.05) is 17.1 Å². The molecule has 1 saturated heterocycles. The number of carbonyl (C=O) groups excluding carboxylic acids is 2. The number of benzene rings is 2. The van der Waals surface area contributed by atoms with Gasteiger partial charge in [0.25, 0.3) is 11.7 Å². The maximum atomic E-state index is 12.9. The monoisotopic (exact) mass is 445 g/mol. The van der Waals surface area contributed by atoms with Crippen molar-refractivity contribution >= 4 is 29.1 Å². The number of aliphatic hydroxyl groups excluding tert-OH is 2. The molecular formula is C23H24ClNO6. The summed E-state index contributed by atoms with van der Waals surface area (Å²) in [5, 5.41) is 20.4. The number of ketones is 1. The summed E-state index contributed by atoms with van der Waals surface area (Å²) in [7, 11) is 0. The number of halogens is 1. The number of likely N-dealkylation sites (tertiary alicyclic amines) is 1. The molecule has 2 N–H and O–H groups in total. The lowest BCUT2D eigenvalue weighted by molar-refractivity contribution is -0.140. The molecule has 31 heavy (non-hydrogen) atoms. The summed E-state index contributed by atoms with van der Waals surface area (Å²) in [6.45, 7) is 2.62. The van der Waals surface area contributed by atoms with Crippen LogP contribution < -0.4 is 4.74 Å². The van der Waals surface area contributed by atoms with Crippen LogP contribution in [0.25, 0.3) is 5.76 Å². The lowest BCUT2D eigenvalue weighted by Gasteiger charge is -2.25. The second-order valence-electron chi connectivity index (χ2n) is 6.84. The van der Waals surface area contributed by atoms with Gasteiger partial charge in [-0.15, -0.1) is 0 Å². The topological polar surface area (TPSA) is 96.3 Å². The molecule has 7 nitrogen and oxygen atoms in total. The first kappa shape index (κ1) is 22.8. The standard InChI is InChI=1S/C23H24ClNO6/c1-2-31-18-9-5-16(6-10-18)21(27)19-20(15-3-7-17(24)8-4-15)25(23(29)22(19)28)11-13-30-14-12-26/h3-10,20,26-27H,2,11-14H2,1H3/t20-/m1/s1. The molecule has 1 fully saturated rings. The van der Waals surface area contributed by atoms with Gasteiger partial charge < -0.3 is 24.6 Å². The van der Waals surface area contributed by atoms with Gasteiger partial charge in [0.1, 0.15) is 11.5 Å². The first-order valence-electron chi connectivity index (χ1n) is 9.93. The quantitative estimate of drug-likeness (QED) is 0.266. The average molecular weight is 446 g/mol. The molecular weight excluding hydrogens is 422 g/mol. The van der Waals surface area contributed by atoms with Crippen LogP contribution in [0.4, 0.5) is 0 Å². The molecule has 0 aliphatic carbocycles. The molecule has 0 bridgehead atoms. The normalized spacial score (nSPS) is 17.9. The summed E-state index contributed by atoms with van der Waals surface area (Å²) in [6.07, 6.45) is 0. The third-order valence-electron chi connectivity index (χ3n) is 4.88. The molecule has 1 atom stereocenters. The summed E-state index contributed by atoms with van der Waals surface area (Å²) in [6, 6.07) is 12.6. The number of nitrogens with zero attached hydrogens (tertiary/aromatic N) is 1. The van der Waals surface area contributed by atoms with E-state index in [9.17, 15) is 14.7 Å². The van der Waals surface area contributed by atoms with Crippen LogP contribution in [0.5, 0.6) is 5.75 Å². The van der Waals surface area contributed by atoms with Crippen molar-refractivity contribution in [3.8, 4) is 5.75 Å². The Morgan fingerprint density at radius 3 is 2.35 bits per heavy atom. The molecule has 1 amide bonds. The van der Waals surface area contributed by atoms with Gasteiger partial charge in [-0.3, -0.25) is 9.59 Å². The minimum Gasteiger partial charge on any atom is -0.507 e. The molecule has 8 heteroatoms. The molecule has 2 aromatic rings. The maximum Gasteiger partial charge on any atom is 0.295 e. The molecule has 0 saturated carbocycles. The summed E-state index contributed by atoms with van der Waals surface area (Å²) >= 11 is 6.00. The Hall–Kier alpha value is -2.87. The van der Waals surface area contributed by atoms with Gasteiger partial charge in [0.2, 0.25) is 0 Å². The molecule has 1 aliphatic rings. The number of rotatable bonds is 9. The lowest BCUT2D eigenvalue weighted by Crippen LogP contribution is -2.33. The van der Waals surface area contributed by atoms with Crippen molar-refractivity contribution in [2.45, 2.75) is 13.0 Å². The number of hydrogen-bond donors (Lipinski definition) is 2. The van der Waals surface area contributed by atoms with Crippen LogP contribution in [0.15, 0.2) is 54.1 Å². The van der Waals surface area contributed by atoms with E-state index in [1.807, 2.05) is 6.92 Å². The molecule has 0 unspecified atom stereocenters. The van der Waals surface area contributed by atoms with Crippen LogP contribution in [0.1, 0.15) is 24.1 Å². The molecule has 0 aromatic heterocycles. The van der Waals surface area contributed by atoms with Crippen molar-refractivity contribution < 1.29 is 29.3 Å². The first-order valence-corrected chi connectivity index (χ1v) is 10.3. The van der Waals surface area contributed by atoms with Gasteiger partial charge in [0.15, 0.2) is 0 Å². The van der Waals surface area contributed by atoms with E-state index in [1.165, 1.54) is 4.90 Å². The lowest BCUT2D eigenvalue weighted by atomic mass is 9.95. The van der Waals surface area contributed by atoms with Gasteiger partial charge in [0.05, 0.1) is 38.0 Å². The van der Waals surface area contributed by atoms with E-state index in [2.05, 4.69) is 0 Å². The Labute approximate surface area is 185 Å². The van der Waals surface area contributed by atoms with Crippen LogP contribution in [0.2, 0.25) is 5.02 Å². The molecule has 0 spiro atoms. The van der Waals surface area contributed by atoms with Crippen molar-refractivity contribution in [1.29, 1.82) is 0 Å². The number of Topliss-reactive ketones (excluding diaryl/α,β-unsaturated/α-hetero) is 1. The fourth-order valence-electron chi connectivity index (χ4n) is 3.46. The molecule has 1 heterocycles. The van der Waals surface area contributed by atoms with Crippen LogP contribution in [-0.2, 0) is 14.3 Å². The highest BCUT2D eigenvalue weighted by molar-refractivity contribution is 6.46. The van der Waals surface area contributed by atoms with Gasteiger partial charge in [-0.2, -0.15) is 0 Å². The smallest absolute Gasteiger partial charge is 0.295 e. The third-order valence-corrected chi connectivity index (χ3v) is 5.13. The van der Waals surface area contributed by atoms with E-state index in [0.717, 1.165) is 0 Å². The second-order valence-corrected chi connectivity index (χ2v) is 7.27. The molecule has 1 aliphatic heterocycles. The summed E-state index contributed by atoms with van der Waals surface area (Å²) in [5.41, 5.74) is 1.04. The zero-order valence-electron chi connectivity index (χ0n) is 17.1. The highest BCUT2D eigenvalue weighted by Crippen LogP contribution is 2.39. The largest absolute Gasteiger partial charge is 0.507 e. The Bertz CT molecular complexity index is 955. The van der Waals surface area contributed by atoms with E-state index < -0.39 is 17.7 Å². The van der Waals surface area contributed by atoms with Gasteiger partial charge >= 0.3 is 0 Å². The highest BCUT2D eigenvalue weighted by Gasteiger charge is 2.45. The van der Waals surface area contributed by atoms with E-state index in [-0.39, 0.29) is 37.7 Å². The Morgan fingerprint density at radius 2 is 1.74 bits per heavy atom. The zero-order valence-corrected chi connectivity index (χ0v) is 17.8. The van der Waals surface area contributed by atoms with Crippen LogP contribution in [0.3, 0.4) is 0 Å². The number of ether oxygens (including phenoxy) is 2. The van der Waals surface area contributed by atoms with Crippen molar-refractivity contribution in [1.82, 2.24) is 4.90 Å². The summed E-state index contributed by atoms with van der Waals surface area (Å²) in [5.74, 6) is -1.12. The molecule has 2 aromatic carbocycles. The highest BCUT2D eigenvalue weighted by atomic mass is 35.5.